The van der Waals surface area contributed by atoms with Gasteiger partial charge in [0.15, 0.2) is 5.16 Å². The molecule has 7 nitrogen and oxygen atoms in total. The largest absolute Gasteiger partial charge is 0.370 e. The first kappa shape index (κ1) is 19.8. The molecule has 0 bridgehead atoms. The number of carbonyl (C=O) groups excluding carboxylic acids is 2. The molecular formula is C16H19F2N5O2S. The fourth-order valence-corrected chi connectivity index (χ4v) is 3.13. The smallest absolute Gasteiger partial charge is 0.237 e. The summed E-state index contributed by atoms with van der Waals surface area (Å²) in [7, 11) is 0. The summed E-state index contributed by atoms with van der Waals surface area (Å²) in [5.41, 5.74) is 4.66. The van der Waals surface area contributed by atoms with Crippen LogP contribution in [0.25, 0.3) is 0 Å². The van der Waals surface area contributed by atoms with Crippen molar-refractivity contribution in [2.75, 3.05) is 5.32 Å². The molecule has 2 amide bonds. The van der Waals surface area contributed by atoms with Crippen LogP contribution in [-0.2, 0) is 22.6 Å². The van der Waals surface area contributed by atoms with E-state index in [1.807, 2.05) is 6.92 Å². The van der Waals surface area contributed by atoms with Crippen LogP contribution in [0.3, 0.4) is 0 Å². The van der Waals surface area contributed by atoms with E-state index >= 15 is 0 Å². The number of aromatic nitrogens is 3. The Balaban J connectivity index is 2.08. The highest BCUT2D eigenvalue weighted by atomic mass is 32.2. The lowest BCUT2D eigenvalue weighted by Crippen LogP contribution is -2.24. The summed E-state index contributed by atoms with van der Waals surface area (Å²) in [5, 5.41) is 10.1. The average molecular weight is 383 g/mol. The van der Waals surface area contributed by atoms with Crippen molar-refractivity contribution >= 4 is 29.3 Å². The molecule has 1 atom stereocenters. The topological polar surface area (TPSA) is 103 Å². The zero-order chi connectivity index (χ0) is 19.3. The van der Waals surface area contributed by atoms with Crippen LogP contribution >= 0.6 is 11.8 Å². The van der Waals surface area contributed by atoms with Crippen LogP contribution in [0.2, 0.25) is 0 Å². The molecule has 0 unspecified atom stereocenters. The lowest BCUT2D eigenvalue weighted by atomic mass is 10.3. The SMILES string of the molecule is CCn1c(CCC(N)=O)nnc1S[C@@H](C)C(=O)Nc1c(F)cccc1F. The molecule has 140 valence electrons. The Labute approximate surface area is 153 Å². The van der Waals surface area contributed by atoms with Gasteiger partial charge in [0, 0.05) is 19.4 Å². The molecule has 26 heavy (non-hydrogen) atoms. The van der Waals surface area contributed by atoms with Gasteiger partial charge in [-0.2, -0.15) is 0 Å². The molecule has 0 aliphatic carbocycles. The number of benzene rings is 1. The van der Waals surface area contributed by atoms with E-state index in [1.165, 1.54) is 6.07 Å². The van der Waals surface area contributed by atoms with E-state index in [-0.39, 0.29) is 6.42 Å². The number of nitrogens with two attached hydrogens (primary N) is 1. The monoisotopic (exact) mass is 383 g/mol. The summed E-state index contributed by atoms with van der Waals surface area (Å²) in [6, 6.07) is 3.35. The van der Waals surface area contributed by atoms with Gasteiger partial charge in [0.2, 0.25) is 11.8 Å². The number of hydrogen-bond donors (Lipinski definition) is 2. The summed E-state index contributed by atoms with van der Waals surface area (Å²) < 4.78 is 29.1. The van der Waals surface area contributed by atoms with Crippen LogP contribution < -0.4 is 11.1 Å². The molecule has 0 fully saturated rings. The van der Waals surface area contributed by atoms with Gasteiger partial charge in [-0.05, 0) is 26.0 Å². The van der Waals surface area contributed by atoms with Gasteiger partial charge in [-0.25, -0.2) is 8.78 Å². The summed E-state index contributed by atoms with van der Waals surface area (Å²) in [6.07, 6.45) is 0.489. The van der Waals surface area contributed by atoms with Crippen LogP contribution in [0.5, 0.6) is 0 Å². The predicted octanol–water partition coefficient (Wildman–Crippen LogP) is 2.11. The van der Waals surface area contributed by atoms with Crippen LogP contribution in [0.1, 0.15) is 26.1 Å². The zero-order valence-electron chi connectivity index (χ0n) is 14.3. The second kappa shape index (κ2) is 8.75. The Morgan fingerprint density at radius 1 is 1.31 bits per heavy atom. The third-order valence-corrected chi connectivity index (χ3v) is 4.65. The third kappa shape index (κ3) is 4.78. The number of halogens is 2. The van der Waals surface area contributed by atoms with Crippen LogP contribution in [0, 0.1) is 11.6 Å². The Morgan fingerprint density at radius 2 is 1.96 bits per heavy atom. The number of rotatable bonds is 8. The van der Waals surface area contributed by atoms with Crippen LogP contribution in [0.15, 0.2) is 23.4 Å². The Bertz CT molecular complexity index is 792. The first-order chi connectivity index (χ1) is 12.3. The maximum atomic E-state index is 13.6. The first-order valence-corrected chi connectivity index (χ1v) is 8.83. The molecule has 0 aliphatic heterocycles. The van der Waals surface area contributed by atoms with Gasteiger partial charge in [-0.1, -0.05) is 17.8 Å². The Morgan fingerprint density at radius 3 is 2.54 bits per heavy atom. The molecule has 2 aromatic rings. The van der Waals surface area contributed by atoms with Gasteiger partial charge in [0.05, 0.1) is 5.25 Å². The number of nitrogens with one attached hydrogen (secondary N) is 1. The van der Waals surface area contributed by atoms with E-state index in [9.17, 15) is 18.4 Å². The van der Waals surface area contributed by atoms with Gasteiger partial charge in [0.25, 0.3) is 0 Å². The van der Waals surface area contributed by atoms with Gasteiger partial charge >= 0.3 is 0 Å². The molecule has 0 spiro atoms. The highest BCUT2D eigenvalue weighted by molar-refractivity contribution is 8.00. The lowest BCUT2D eigenvalue weighted by molar-refractivity contribution is -0.118. The number of para-hydroxylation sites is 1. The first-order valence-electron chi connectivity index (χ1n) is 7.95. The van der Waals surface area contributed by atoms with E-state index in [1.54, 1.807) is 11.5 Å². The molecule has 0 radical (unpaired) electrons. The maximum Gasteiger partial charge on any atom is 0.237 e. The van der Waals surface area contributed by atoms with Crippen molar-refractivity contribution in [2.45, 2.75) is 43.6 Å². The molecule has 0 saturated carbocycles. The minimum absolute atomic E-state index is 0.144. The van der Waals surface area contributed by atoms with E-state index in [0.717, 1.165) is 23.9 Å². The van der Waals surface area contributed by atoms with E-state index in [4.69, 9.17) is 5.73 Å². The quantitative estimate of drug-likeness (QED) is 0.680. The number of nitrogens with zero attached hydrogens (tertiary/aromatic N) is 3. The van der Waals surface area contributed by atoms with Gasteiger partial charge in [-0.3, -0.25) is 9.59 Å². The van der Waals surface area contributed by atoms with E-state index in [0.29, 0.717) is 23.9 Å². The molecule has 1 aromatic carbocycles. The van der Waals surface area contributed by atoms with Crippen molar-refractivity contribution in [3.05, 3.63) is 35.7 Å². The number of carbonyl (C=O) groups is 2. The van der Waals surface area contributed by atoms with Crippen molar-refractivity contribution in [3.63, 3.8) is 0 Å². The van der Waals surface area contributed by atoms with Gasteiger partial charge in [0.1, 0.15) is 23.1 Å². The number of hydrogen-bond acceptors (Lipinski definition) is 5. The second-order valence-corrected chi connectivity index (χ2v) is 6.76. The van der Waals surface area contributed by atoms with Crippen molar-refractivity contribution < 1.29 is 18.4 Å². The lowest BCUT2D eigenvalue weighted by Gasteiger charge is -2.13. The zero-order valence-corrected chi connectivity index (χ0v) is 15.1. The molecule has 10 heteroatoms. The molecule has 2 rings (SSSR count). The third-order valence-electron chi connectivity index (χ3n) is 3.57. The normalized spacial score (nSPS) is 12.0. The molecule has 1 aromatic heterocycles. The highest BCUT2D eigenvalue weighted by Crippen LogP contribution is 2.25. The summed E-state index contributed by atoms with van der Waals surface area (Å²) in [4.78, 5) is 23.2. The number of amides is 2. The Hall–Kier alpha value is -2.49. The fourth-order valence-electron chi connectivity index (χ4n) is 2.20. The summed E-state index contributed by atoms with van der Waals surface area (Å²) >= 11 is 1.11. The van der Waals surface area contributed by atoms with Crippen molar-refractivity contribution in [1.29, 1.82) is 0 Å². The minimum atomic E-state index is -0.846. The number of primary amides is 1. The van der Waals surface area contributed by atoms with Crippen LogP contribution in [0.4, 0.5) is 14.5 Å². The number of thioether (sulfide) groups is 1. The fraction of sp³-hybridized carbons (Fsp3) is 0.375. The molecule has 0 aliphatic rings. The molecule has 3 N–H and O–H groups in total. The Kier molecular flexibility index (Phi) is 6.67. The molecule has 1 heterocycles. The van der Waals surface area contributed by atoms with Gasteiger partial charge < -0.3 is 15.6 Å². The predicted molar refractivity (Wildman–Crippen MR) is 93.5 cm³/mol. The maximum absolute atomic E-state index is 13.6. The van der Waals surface area contributed by atoms with Crippen molar-refractivity contribution in [1.82, 2.24) is 14.8 Å². The van der Waals surface area contributed by atoms with Crippen LogP contribution in [-0.4, -0.2) is 31.8 Å². The number of anilines is 1. The average Bonchev–Trinajstić information content (AvgIpc) is 2.97. The van der Waals surface area contributed by atoms with Crippen molar-refractivity contribution in [2.24, 2.45) is 5.73 Å². The number of aryl methyl sites for hydroxylation is 1. The van der Waals surface area contributed by atoms with E-state index in [2.05, 4.69) is 15.5 Å². The van der Waals surface area contributed by atoms with E-state index < -0.39 is 34.4 Å². The van der Waals surface area contributed by atoms with Crippen molar-refractivity contribution in [3.8, 4) is 0 Å². The standard InChI is InChI=1S/C16H19F2N5O2S/c1-3-23-13(8-7-12(19)24)21-22-16(23)26-9(2)15(25)20-14-10(17)5-4-6-11(14)18/h4-6,9H,3,7-8H2,1-2H3,(H2,19,24)(H,20,25)/t9-/m0/s1. The molecular weight excluding hydrogens is 364 g/mol. The van der Waals surface area contributed by atoms with Gasteiger partial charge in [-0.15, -0.1) is 10.2 Å². The summed E-state index contributed by atoms with van der Waals surface area (Å²) in [6.45, 7) is 4.01. The minimum Gasteiger partial charge on any atom is -0.370 e. The highest BCUT2D eigenvalue weighted by Gasteiger charge is 2.22. The summed E-state index contributed by atoms with van der Waals surface area (Å²) in [5.74, 6) is -2.11. The molecule has 0 saturated heterocycles. The second-order valence-electron chi connectivity index (χ2n) is 5.46.